The van der Waals surface area contributed by atoms with Gasteiger partial charge >= 0.3 is 12.4 Å². The summed E-state index contributed by atoms with van der Waals surface area (Å²) in [5.74, 6) is -0.321. The summed E-state index contributed by atoms with van der Waals surface area (Å²) >= 11 is 12.2. The van der Waals surface area contributed by atoms with E-state index in [4.69, 9.17) is 23.2 Å². The topological polar surface area (TPSA) is 32.8 Å². The lowest BCUT2D eigenvalue weighted by atomic mass is 9.83. The standard InChI is InChI=1S/C25H19Cl2F3N2O2/c26-17-6-10-19(11-7-17)31-22-5-2-14-24(22,16-3-1-4-21(15-16)34-25(28,29)30)32(23(31)33)20-12-8-18(27)9-13-20/h1,3-4,6-13,15,22H,2,5,14H2/t22-,24-/m1/s1. The summed E-state index contributed by atoms with van der Waals surface area (Å²) in [5.41, 5.74) is 0.969. The van der Waals surface area contributed by atoms with Gasteiger partial charge in [-0.2, -0.15) is 0 Å². The maximum atomic E-state index is 14.0. The third-order valence-electron chi connectivity index (χ3n) is 6.45. The maximum absolute atomic E-state index is 14.0. The third-order valence-corrected chi connectivity index (χ3v) is 6.96. The van der Waals surface area contributed by atoms with Gasteiger partial charge in [-0.1, -0.05) is 35.3 Å². The van der Waals surface area contributed by atoms with Crippen LogP contribution in [0.4, 0.5) is 29.3 Å². The Bertz CT molecular complexity index is 1220. The second-order valence-corrected chi connectivity index (χ2v) is 9.22. The molecule has 5 rings (SSSR count). The van der Waals surface area contributed by atoms with Crippen molar-refractivity contribution in [1.82, 2.24) is 0 Å². The monoisotopic (exact) mass is 506 g/mol. The molecule has 1 heterocycles. The minimum absolute atomic E-state index is 0.267. The number of ether oxygens (including phenoxy) is 1. The van der Waals surface area contributed by atoms with Crippen molar-refractivity contribution in [1.29, 1.82) is 0 Å². The van der Waals surface area contributed by atoms with Crippen LogP contribution in [0.2, 0.25) is 10.0 Å². The van der Waals surface area contributed by atoms with Crippen LogP contribution < -0.4 is 14.5 Å². The Morgan fingerprint density at radius 3 is 2.15 bits per heavy atom. The molecule has 0 bridgehead atoms. The summed E-state index contributed by atoms with van der Waals surface area (Å²) in [5, 5.41) is 1.06. The molecule has 1 saturated heterocycles. The largest absolute Gasteiger partial charge is 0.573 e. The van der Waals surface area contributed by atoms with Gasteiger partial charge in [0, 0.05) is 21.4 Å². The van der Waals surface area contributed by atoms with E-state index in [1.54, 1.807) is 64.4 Å². The maximum Gasteiger partial charge on any atom is 0.573 e. The fourth-order valence-electron chi connectivity index (χ4n) is 5.24. The molecule has 2 aliphatic rings. The van der Waals surface area contributed by atoms with Crippen LogP contribution in [0.1, 0.15) is 24.8 Å². The van der Waals surface area contributed by atoms with E-state index < -0.39 is 11.9 Å². The number of benzene rings is 3. The van der Waals surface area contributed by atoms with Crippen molar-refractivity contribution in [3.05, 3.63) is 88.4 Å². The van der Waals surface area contributed by atoms with Crippen LogP contribution in [-0.4, -0.2) is 18.4 Å². The van der Waals surface area contributed by atoms with Crippen LogP contribution in [0, 0.1) is 0 Å². The van der Waals surface area contributed by atoms with Crippen LogP contribution in [0.25, 0.3) is 0 Å². The number of alkyl halides is 3. The molecular weight excluding hydrogens is 488 g/mol. The minimum Gasteiger partial charge on any atom is -0.406 e. The molecule has 3 aromatic rings. The Kier molecular flexibility index (Phi) is 5.65. The SMILES string of the molecule is O=C1N(c2ccc(Cl)cc2)[C@@H]2CCC[C@]2(c2cccc(OC(F)(F)F)c2)N1c1ccc(Cl)cc1. The van der Waals surface area contributed by atoms with Crippen molar-refractivity contribution < 1.29 is 22.7 Å². The molecule has 2 fully saturated rings. The highest BCUT2D eigenvalue weighted by Gasteiger charge is 2.61. The van der Waals surface area contributed by atoms with Gasteiger partial charge in [-0.05, 0) is 85.5 Å². The van der Waals surface area contributed by atoms with E-state index >= 15 is 0 Å². The summed E-state index contributed by atoms with van der Waals surface area (Å²) in [6, 6.07) is 19.2. The Morgan fingerprint density at radius 1 is 0.912 bits per heavy atom. The van der Waals surface area contributed by atoms with Crippen LogP contribution >= 0.6 is 23.2 Å². The predicted octanol–water partition coefficient (Wildman–Crippen LogP) is 7.79. The number of rotatable bonds is 4. The van der Waals surface area contributed by atoms with Crippen LogP contribution in [0.15, 0.2) is 72.8 Å². The number of halogens is 5. The van der Waals surface area contributed by atoms with Crippen molar-refractivity contribution in [2.75, 3.05) is 9.80 Å². The highest BCUT2D eigenvalue weighted by molar-refractivity contribution is 6.31. The van der Waals surface area contributed by atoms with E-state index in [9.17, 15) is 18.0 Å². The van der Waals surface area contributed by atoms with Crippen molar-refractivity contribution in [3.8, 4) is 5.75 Å². The normalized spacial score (nSPS) is 22.3. The van der Waals surface area contributed by atoms with E-state index in [1.165, 1.54) is 18.2 Å². The fourth-order valence-corrected chi connectivity index (χ4v) is 5.49. The van der Waals surface area contributed by atoms with Gasteiger partial charge in [0.25, 0.3) is 0 Å². The first-order valence-electron chi connectivity index (χ1n) is 10.7. The zero-order valence-corrected chi connectivity index (χ0v) is 19.2. The highest BCUT2D eigenvalue weighted by atomic mass is 35.5. The Labute approximate surface area is 204 Å². The zero-order valence-electron chi connectivity index (χ0n) is 17.7. The molecule has 176 valence electrons. The lowest BCUT2D eigenvalue weighted by molar-refractivity contribution is -0.274. The predicted molar refractivity (Wildman–Crippen MR) is 126 cm³/mol. The second-order valence-electron chi connectivity index (χ2n) is 8.35. The summed E-state index contributed by atoms with van der Waals surface area (Å²) in [4.78, 5) is 17.4. The van der Waals surface area contributed by atoms with Gasteiger partial charge in [-0.15, -0.1) is 13.2 Å². The lowest BCUT2D eigenvalue weighted by Gasteiger charge is -2.38. The number of hydrogen-bond acceptors (Lipinski definition) is 2. The van der Waals surface area contributed by atoms with Crippen LogP contribution in [0.5, 0.6) is 5.75 Å². The molecule has 0 spiro atoms. The number of fused-ring (bicyclic) bond motifs is 1. The van der Waals surface area contributed by atoms with Gasteiger partial charge in [0.2, 0.25) is 0 Å². The molecule has 1 aliphatic heterocycles. The second kappa shape index (κ2) is 8.40. The van der Waals surface area contributed by atoms with E-state index in [-0.39, 0.29) is 17.8 Å². The van der Waals surface area contributed by atoms with Crippen LogP contribution in [0.3, 0.4) is 0 Å². The molecule has 2 amide bonds. The Morgan fingerprint density at radius 2 is 1.53 bits per heavy atom. The molecule has 0 N–H and O–H groups in total. The van der Waals surface area contributed by atoms with Gasteiger partial charge in [-0.3, -0.25) is 9.80 Å². The van der Waals surface area contributed by atoms with E-state index in [1.807, 2.05) is 0 Å². The van der Waals surface area contributed by atoms with Gasteiger partial charge in [0.15, 0.2) is 0 Å². The number of carbonyl (C=O) groups excluding carboxylic acids is 1. The van der Waals surface area contributed by atoms with Gasteiger partial charge in [0.05, 0.1) is 11.6 Å². The first kappa shape index (κ1) is 22.9. The number of urea groups is 1. The summed E-state index contributed by atoms with van der Waals surface area (Å²) in [6.07, 6.45) is -2.77. The number of amides is 2. The molecule has 4 nitrogen and oxygen atoms in total. The summed E-state index contributed by atoms with van der Waals surface area (Å²) in [6.45, 7) is 0. The molecule has 9 heteroatoms. The number of anilines is 2. The summed E-state index contributed by atoms with van der Waals surface area (Å²) < 4.78 is 43.1. The number of hydrogen-bond donors (Lipinski definition) is 0. The molecule has 1 saturated carbocycles. The van der Waals surface area contributed by atoms with Crippen molar-refractivity contribution in [2.24, 2.45) is 0 Å². The molecule has 1 aliphatic carbocycles. The zero-order chi connectivity index (χ0) is 24.1. The van der Waals surface area contributed by atoms with Gasteiger partial charge in [0.1, 0.15) is 5.75 Å². The first-order valence-corrected chi connectivity index (χ1v) is 11.5. The number of carbonyl (C=O) groups is 1. The Hall–Kier alpha value is -2.90. The first-order chi connectivity index (χ1) is 16.2. The Balaban J connectivity index is 1.68. The molecule has 34 heavy (non-hydrogen) atoms. The average molecular weight is 507 g/mol. The van der Waals surface area contributed by atoms with Crippen molar-refractivity contribution in [3.63, 3.8) is 0 Å². The fraction of sp³-hybridized carbons (Fsp3) is 0.240. The molecular formula is C25H19Cl2F3N2O2. The molecule has 0 aromatic heterocycles. The minimum atomic E-state index is -4.82. The average Bonchev–Trinajstić information content (AvgIpc) is 3.30. The van der Waals surface area contributed by atoms with Gasteiger partial charge in [-0.25, -0.2) is 4.79 Å². The smallest absolute Gasteiger partial charge is 0.406 e. The molecule has 0 radical (unpaired) electrons. The van der Waals surface area contributed by atoms with Crippen molar-refractivity contribution >= 4 is 40.6 Å². The number of nitrogens with zero attached hydrogens (tertiary/aromatic N) is 2. The highest BCUT2D eigenvalue weighted by Crippen LogP contribution is 2.54. The van der Waals surface area contributed by atoms with E-state index in [0.717, 1.165) is 6.42 Å². The van der Waals surface area contributed by atoms with Gasteiger partial charge < -0.3 is 4.74 Å². The quantitative estimate of drug-likeness (QED) is 0.361. The molecule has 2 atom stereocenters. The van der Waals surface area contributed by atoms with Crippen molar-refractivity contribution in [2.45, 2.75) is 37.2 Å². The third kappa shape index (κ3) is 3.87. The summed E-state index contributed by atoms with van der Waals surface area (Å²) in [7, 11) is 0. The molecule has 3 aromatic carbocycles. The van der Waals surface area contributed by atoms with Crippen LogP contribution in [-0.2, 0) is 5.54 Å². The van der Waals surface area contributed by atoms with E-state index in [0.29, 0.717) is 39.8 Å². The lowest BCUT2D eigenvalue weighted by Crippen LogP contribution is -2.46. The van der Waals surface area contributed by atoms with E-state index in [2.05, 4.69) is 4.74 Å². The molecule has 0 unspecified atom stereocenters.